The molecular weight excluding hydrogens is 326 g/mol. The number of rotatable bonds is 3. The monoisotopic (exact) mass is 334 g/mol. The standard InChI is InChI=1S/C16H9ClF2N2O2/c17-12-7-11(5-6-13(12)19)21-15(16(22)23)8-14(20-21)9-1-3-10(18)4-2-9/h1-8H,(H,22,23). The maximum absolute atomic E-state index is 13.3. The van der Waals surface area contributed by atoms with Gasteiger partial charge in [-0.2, -0.15) is 5.10 Å². The van der Waals surface area contributed by atoms with E-state index >= 15 is 0 Å². The molecule has 0 saturated carbocycles. The van der Waals surface area contributed by atoms with Crippen LogP contribution < -0.4 is 0 Å². The molecule has 7 heteroatoms. The zero-order valence-corrected chi connectivity index (χ0v) is 12.3. The minimum atomic E-state index is -1.20. The molecule has 116 valence electrons. The SMILES string of the molecule is O=C(O)c1cc(-c2ccc(F)cc2)nn1-c1ccc(F)c(Cl)c1. The van der Waals surface area contributed by atoms with Gasteiger partial charge in [-0.05, 0) is 48.5 Å². The van der Waals surface area contributed by atoms with E-state index in [1.165, 1.54) is 42.5 Å². The predicted octanol–water partition coefficient (Wildman–Crippen LogP) is 4.17. The molecule has 0 aliphatic heterocycles. The van der Waals surface area contributed by atoms with Gasteiger partial charge in [-0.25, -0.2) is 18.3 Å². The third-order valence-electron chi connectivity index (χ3n) is 3.22. The molecule has 0 unspecified atom stereocenters. The number of benzene rings is 2. The fourth-order valence-electron chi connectivity index (χ4n) is 2.11. The Morgan fingerprint density at radius 1 is 1.09 bits per heavy atom. The molecule has 1 aromatic heterocycles. The molecule has 0 fully saturated rings. The molecule has 1 N–H and O–H groups in total. The molecule has 0 aliphatic rings. The van der Waals surface area contributed by atoms with Crippen molar-refractivity contribution in [3.05, 3.63) is 70.9 Å². The molecule has 0 spiro atoms. The number of nitrogens with zero attached hydrogens (tertiary/aromatic N) is 2. The zero-order chi connectivity index (χ0) is 16.6. The molecule has 0 bridgehead atoms. The molecule has 0 aliphatic carbocycles. The first-order chi connectivity index (χ1) is 11.0. The van der Waals surface area contributed by atoms with Crippen molar-refractivity contribution in [1.29, 1.82) is 0 Å². The van der Waals surface area contributed by atoms with Gasteiger partial charge >= 0.3 is 5.97 Å². The summed E-state index contributed by atoms with van der Waals surface area (Å²) in [4.78, 5) is 11.4. The maximum atomic E-state index is 13.3. The highest BCUT2D eigenvalue weighted by molar-refractivity contribution is 6.30. The summed E-state index contributed by atoms with van der Waals surface area (Å²) in [6.07, 6.45) is 0. The lowest BCUT2D eigenvalue weighted by Gasteiger charge is -2.05. The van der Waals surface area contributed by atoms with Gasteiger partial charge in [0.15, 0.2) is 5.69 Å². The van der Waals surface area contributed by atoms with E-state index in [1.54, 1.807) is 0 Å². The Kier molecular flexibility index (Phi) is 3.83. The summed E-state index contributed by atoms with van der Waals surface area (Å²) in [5, 5.41) is 13.4. The van der Waals surface area contributed by atoms with Crippen molar-refractivity contribution >= 4 is 17.6 Å². The number of aromatic nitrogens is 2. The number of aromatic carboxylic acids is 1. The van der Waals surface area contributed by atoms with E-state index in [4.69, 9.17) is 11.6 Å². The van der Waals surface area contributed by atoms with Crippen LogP contribution in [0.3, 0.4) is 0 Å². The molecule has 2 aromatic carbocycles. The van der Waals surface area contributed by atoms with Crippen LogP contribution >= 0.6 is 11.6 Å². The quantitative estimate of drug-likeness (QED) is 0.782. The lowest BCUT2D eigenvalue weighted by atomic mass is 10.1. The highest BCUT2D eigenvalue weighted by Crippen LogP contribution is 2.24. The van der Waals surface area contributed by atoms with Crippen LogP contribution in [0.15, 0.2) is 48.5 Å². The summed E-state index contributed by atoms with van der Waals surface area (Å²) in [5.74, 6) is -2.22. The van der Waals surface area contributed by atoms with Gasteiger partial charge in [0.1, 0.15) is 11.6 Å². The van der Waals surface area contributed by atoms with E-state index in [2.05, 4.69) is 5.10 Å². The van der Waals surface area contributed by atoms with Crippen LogP contribution in [-0.2, 0) is 0 Å². The van der Waals surface area contributed by atoms with E-state index in [0.717, 1.165) is 10.7 Å². The van der Waals surface area contributed by atoms with Crippen LogP contribution in [0, 0.1) is 11.6 Å². The lowest BCUT2D eigenvalue weighted by molar-refractivity contribution is 0.0687. The normalized spacial score (nSPS) is 10.7. The van der Waals surface area contributed by atoms with Gasteiger partial charge in [0, 0.05) is 5.56 Å². The highest BCUT2D eigenvalue weighted by Gasteiger charge is 2.17. The van der Waals surface area contributed by atoms with Gasteiger partial charge in [0.2, 0.25) is 0 Å². The third kappa shape index (κ3) is 2.93. The van der Waals surface area contributed by atoms with Crippen molar-refractivity contribution in [2.45, 2.75) is 0 Å². The Morgan fingerprint density at radius 3 is 2.39 bits per heavy atom. The zero-order valence-electron chi connectivity index (χ0n) is 11.5. The Balaban J connectivity index is 2.14. The number of carboxylic acid groups (broad SMARTS) is 1. The van der Waals surface area contributed by atoms with Crippen LogP contribution in [0.5, 0.6) is 0 Å². The molecule has 23 heavy (non-hydrogen) atoms. The van der Waals surface area contributed by atoms with Crippen molar-refractivity contribution in [3.8, 4) is 16.9 Å². The van der Waals surface area contributed by atoms with Crippen LogP contribution in [0.25, 0.3) is 16.9 Å². The Hall–Kier alpha value is -2.73. The van der Waals surface area contributed by atoms with Crippen LogP contribution in [-0.4, -0.2) is 20.9 Å². The minimum Gasteiger partial charge on any atom is -0.477 e. The summed E-state index contributed by atoms with van der Waals surface area (Å²) in [6, 6.07) is 10.6. The molecule has 0 amide bonds. The average molecular weight is 335 g/mol. The van der Waals surface area contributed by atoms with Crippen molar-refractivity contribution in [2.24, 2.45) is 0 Å². The summed E-state index contributed by atoms with van der Waals surface area (Å²) in [5.41, 5.74) is 1.10. The van der Waals surface area contributed by atoms with Gasteiger partial charge in [-0.1, -0.05) is 11.6 Å². The number of hydrogen-bond donors (Lipinski definition) is 1. The molecule has 3 aromatic rings. The molecule has 0 atom stereocenters. The highest BCUT2D eigenvalue weighted by atomic mass is 35.5. The van der Waals surface area contributed by atoms with E-state index in [1.807, 2.05) is 0 Å². The largest absolute Gasteiger partial charge is 0.477 e. The minimum absolute atomic E-state index is 0.119. The molecular formula is C16H9ClF2N2O2. The van der Waals surface area contributed by atoms with E-state index in [9.17, 15) is 18.7 Å². The molecule has 3 rings (SSSR count). The van der Waals surface area contributed by atoms with Crippen molar-refractivity contribution < 1.29 is 18.7 Å². The average Bonchev–Trinajstić information content (AvgIpc) is 2.96. The first kappa shape index (κ1) is 15.2. The molecule has 4 nitrogen and oxygen atoms in total. The van der Waals surface area contributed by atoms with Gasteiger partial charge in [0.05, 0.1) is 16.4 Å². The smallest absolute Gasteiger partial charge is 0.354 e. The first-order valence-corrected chi connectivity index (χ1v) is 6.88. The Morgan fingerprint density at radius 2 is 1.78 bits per heavy atom. The summed E-state index contributed by atoms with van der Waals surface area (Å²) < 4.78 is 27.4. The number of hydrogen-bond acceptors (Lipinski definition) is 2. The van der Waals surface area contributed by atoms with Gasteiger partial charge in [0.25, 0.3) is 0 Å². The van der Waals surface area contributed by atoms with E-state index < -0.39 is 17.6 Å². The van der Waals surface area contributed by atoms with Crippen molar-refractivity contribution in [3.63, 3.8) is 0 Å². The fraction of sp³-hybridized carbons (Fsp3) is 0. The van der Waals surface area contributed by atoms with Crippen LogP contribution in [0.4, 0.5) is 8.78 Å². The van der Waals surface area contributed by atoms with Gasteiger partial charge in [-0.15, -0.1) is 0 Å². The summed E-state index contributed by atoms with van der Waals surface area (Å²) in [7, 11) is 0. The maximum Gasteiger partial charge on any atom is 0.354 e. The van der Waals surface area contributed by atoms with Crippen molar-refractivity contribution in [1.82, 2.24) is 9.78 Å². The molecule has 0 saturated heterocycles. The first-order valence-electron chi connectivity index (χ1n) is 6.50. The lowest BCUT2D eigenvalue weighted by Crippen LogP contribution is -2.08. The number of halogens is 3. The van der Waals surface area contributed by atoms with E-state index in [-0.39, 0.29) is 10.7 Å². The Labute approximate surface area is 134 Å². The summed E-state index contributed by atoms with van der Waals surface area (Å²) >= 11 is 5.73. The van der Waals surface area contributed by atoms with Gasteiger partial charge in [-0.3, -0.25) is 0 Å². The van der Waals surface area contributed by atoms with Crippen LogP contribution in [0.1, 0.15) is 10.5 Å². The second-order valence-corrected chi connectivity index (χ2v) is 5.14. The number of carbonyl (C=O) groups is 1. The van der Waals surface area contributed by atoms with Gasteiger partial charge < -0.3 is 5.11 Å². The van der Waals surface area contributed by atoms with E-state index in [0.29, 0.717) is 16.9 Å². The molecule has 0 radical (unpaired) electrons. The summed E-state index contributed by atoms with van der Waals surface area (Å²) in [6.45, 7) is 0. The fourth-order valence-corrected chi connectivity index (χ4v) is 2.28. The second-order valence-electron chi connectivity index (χ2n) is 4.74. The third-order valence-corrected chi connectivity index (χ3v) is 3.51. The predicted molar refractivity (Wildman–Crippen MR) is 80.9 cm³/mol. The van der Waals surface area contributed by atoms with Crippen LogP contribution in [0.2, 0.25) is 5.02 Å². The topological polar surface area (TPSA) is 55.1 Å². The van der Waals surface area contributed by atoms with Crippen molar-refractivity contribution in [2.75, 3.05) is 0 Å². The Bertz CT molecular complexity index is 892. The molecule has 1 heterocycles. The number of carboxylic acids is 1. The second kappa shape index (κ2) is 5.81.